The van der Waals surface area contributed by atoms with E-state index in [9.17, 15) is 4.79 Å². The number of rotatable bonds is 4. The van der Waals surface area contributed by atoms with Crippen LogP contribution in [0.5, 0.6) is 0 Å². The molecule has 0 aromatic carbocycles. The van der Waals surface area contributed by atoms with Gasteiger partial charge in [0.25, 0.3) is 0 Å². The van der Waals surface area contributed by atoms with Crippen molar-refractivity contribution in [2.24, 2.45) is 5.73 Å². The normalized spacial score (nSPS) is 11.8. The van der Waals surface area contributed by atoms with Gasteiger partial charge in [0.05, 0.1) is 12.1 Å². The van der Waals surface area contributed by atoms with Gasteiger partial charge in [-0.3, -0.25) is 9.89 Å². The number of amides is 1. The lowest BCUT2D eigenvalue weighted by Crippen LogP contribution is -2.40. The van der Waals surface area contributed by atoms with Crippen molar-refractivity contribution >= 4 is 18.3 Å². The Kier molecular flexibility index (Phi) is 6.06. The van der Waals surface area contributed by atoms with Crippen LogP contribution in [0.1, 0.15) is 18.3 Å². The fourth-order valence-corrected chi connectivity index (χ4v) is 1.25. The van der Waals surface area contributed by atoms with E-state index in [-0.39, 0.29) is 24.4 Å². The van der Waals surface area contributed by atoms with E-state index < -0.39 is 0 Å². The predicted molar refractivity (Wildman–Crippen MR) is 65.6 cm³/mol. The highest BCUT2D eigenvalue weighted by molar-refractivity contribution is 5.85. The van der Waals surface area contributed by atoms with Crippen LogP contribution in [0.4, 0.5) is 0 Å². The molecule has 6 heteroatoms. The minimum atomic E-state index is 0. The number of aryl methyl sites for hydroxylation is 1. The summed E-state index contributed by atoms with van der Waals surface area (Å²) < 4.78 is 0. The quantitative estimate of drug-likeness (QED) is 0.812. The Balaban J connectivity index is 0.00000225. The molecular weight excluding hydrogens is 228 g/mol. The molecule has 0 spiro atoms. The summed E-state index contributed by atoms with van der Waals surface area (Å²) in [4.78, 5) is 13.4. The lowest BCUT2D eigenvalue weighted by atomic mass is 10.2. The summed E-state index contributed by atoms with van der Waals surface area (Å²) in [6.45, 7) is 4.31. The lowest BCUT2D eigenvalue weighted by molar-refractivity contribution is -0.130. The number of nitrogens with zero attached hydrogens (tertiary/aromatic N) is 2. The van der Waals surface area contributed by atoms with E-state index in [4.69, 9.17) is 5.73 Å². The molecule has 92 valence electrons. The third kappa shape index (κ3) is 3.83. The van der Waals surface area contributed by atoms with Gasteiger partial charge >= 0.3 is 0 Å². The predicted octanol–water partition coefficient (Wildman–Crippen LogP) is 0.488. The Morgan fingerprint density at radius 1 is 1.69 bits per heavy atom. The zero-order chi connectivity index (χ0) is 11.4. The van der Waals surface area contributed by atoms with E-state index in [2.05, 4.69) is 10.2 Å². The van der Waals surface area contributed by atoms with Gasteiger partial charge < -0.3 is 10.6 Å². The maximum atomic E-state index is 11.7. The van der Waals surface area contributed by atoms with E-state index in [0.29, 0.717) is 13.0 Å². The molecule has 3 N–H and O–H groups in total. The summed E-state index contributed by atoms with van der Waals surface area (Å²) in [7, 11) is 1.76. The van der Waals surface area contributed by atoms with Crippen LogP contribution in [-0.4, -0.2) is 40.6 Å². The average Bonchev–Trinajstić information content (AvgIpc) is 2.61. The van der Waals surface area contributed by atoms with Crippen molar-refractivity contribution in [3.8, 4) is 0 Å². The van der Waals surface area contributed by atoms with Crippen molar-refractivity contribution in [3.63, 3.8) is 0 Å². The van der Waals surface area contributed by atoms with Gasteiger partial charge in [-0.2, -0.15) is 5.10 Å². The van der Waals surface area contributed by atoms with E-state index in [1.807, 2.05) is 19.9 Å². The second-order valence-corrected chi connectivity index (χ2v) is 3.81. The van der Waals surface area contributed by atoms with Crippen LogP contribution in [0.25, 0.3) is 0 Å². The van der Waals surface area contributed by atoms with Gasteiger partial charge in [0, 0.05) is 25.3 Å². The topological polar surface area (TPSA) is 75.0 Å². The first kappa shape index (κ1) is 14.9. The molecule has 0 saturated carbocycles. The second kappa shape index (κ2) is 6.50. The molecule has 1 atom stereocenters. The van der Waals surface area contributed by atoms with E-state index in [1.54, 1.807) is 11.9 Å². The third-order valence-corrected chi connectivity index (χ3v) is 2.49. The third-order valence-electron chi connectivity index (χ3n) is 2.49. The highest BCUT2D eigenvalue weighted by Gasteiger charge is 2.15. The number of likely N-dealkylation sites (N-methyl/N-ethyl adjacent to an activating group) is 1. The van der Waals surface area contributed by atoms with Crippen molar-refractivity contribution in [1.29, 1.82) is 0 Å². The molecule has 1 rings (SSSR count). The van der Waals surface area contributed by atoms with Crippen LogP contribution in [0.2, 0.25) is 0 Å². The fourth-order valence-electron chi connectivity index (χ4n) is 1.25. The molecule has 0 aliphatic rings. The highest BCUT2D eigenvalue weighted by Crippen LogP contribution is 2.03. The van der Waals surface area contributed by atoms with Crippen molar-refractivity contribution in [3.05, 3.63) is 17.5 Å². The standard InChI is InChI=1S/C10H18N4O.ClH/c1-7-4-9(13-12-7)5-10(15)14(3)8(2)6-11;/h4,8H,5-6,11H2,1-3H3,(H,12,13);1H. The van der Waals surface area contributed by atoms with Crippen molar-refractivity contribution in [2.45, 2.75) is 26.3 Å². The first-order valence-electron chi connectivity index (χ1n) is 5.01. The number of aromatic nitrogens is 2. The van der Waals surface area contributed by atoms with E-state index in [0.717, 1.165) is 11.4 Å². The highest BCUT2D eigenvalue weighted by atomic mass is 35.5. The van der Waals surface area contributed by atoms with Crippen LogP contribution in [0.3, 0.4) is 0 Å². The number of carbonyl (C=O) groups is 1. The van der Waals surface area contributed by atoms with Crippen LogP contribution in [0, 0.1) is 6.92 Å². The number of aromatic amines is 1. The monoisotopic (exact) mass is 246 g/mol. The summed E-state index contributed by atoms with van der Waals surface area (Å²) in [6.07, 6.45) is 0.325. The molecule has 1 unspecified atom stereocenters. The van der Waals surface area contributed by atoms with E-state index in [1.165, 1.54) is 0 Å². The smallest absolute Gasteiger partial charge is 0.228 e. The van der Waals surface area contributed by atoms with Crippen molar-refractivity contribution in [1.82, 2.24) is 15.1 Å². The first-order valence-corrected chi connectivity index (χ1v) is 5.01. The van der Waals surface area contributed by atoms with Crippen LogP contribution < -0.4 is 5.73 Å². The first-order chi connectivity index (χ1) is 7.04. The summed E-state index contributed by atoms with van der Waals surface area (Å²) in [5.41, 5.74) is 7.23. The molecule has 0 bridgehead atoms. The molecule has 1 amide bonds. The summed E-state index contributed by atoms with van der Waals surface area (Å²) in [5, 5.41) is 6.83. The Morgan fingerprint density at radius 2 is 2.31 bits per heavy atom. The summed E-state index contributed by atoms with van der Waals surface area (Å²) >= 11 is 0. The van der Waals surface area contributed by atoms with Gasteiger partial charge in [-0.25, -0.2) is 0 Å². The van der Waals surface area contributed by atoms with Crippen LogP contribution in [0.15, 0.2) is 6.07 Å². The molecule has 0 radical (unpaired) electrons. The number of nitrogens with two attached hydrogens (primary N) is 1. The van der Waals surface area contributed by atoms with Gasteiger partial charge in [0.1, 0.15) is 0 Å². The molecular formula is C10H19ClN4O. The minimum Gasteiger partial charge on any atom is -0.341 e. The molecule has 5 nitrogen and oxygen atoms in total. The van der Waals surface area contributed by atoms with E-state index >= 15 is 0 Å². The molecule has 0 saturated heterocycles. The number of carbonyl (C=O) groups excluding carboxylic acids is 1. The maximum Gasteiger partial charge on any atom is 0.228 e. The number of nitrogens with one attached hydrogen (secondary N) is 1. The Bertz CT molecular complexity index is 339. The Morgan fingerprint density at radius 3 is 2.75 bits per heavy atom. The molecule has 1 heterocycles. The number of hydrogen-bond donors (Lipinski definition) is 2. The zero-order valence-corrected chi connectivity index (χ0v) is 10.7. The fraction of sp³-hybridized carbons (Fsp3) is 0.600. The molecule has 0 aliphatic heterocycles. The van der Waals surface area contributed by atoms with Gasteiger partial charge in [-0.05, 0) is 19.9 Å². The molecule has 16 heavy (non-hydrogen) atoms. The average molecular weight is 247 g/mol. The second-order valence-electron chi connectivity index (χ2n) is 3.81. The van der Waals surface area contributed by atoms with Crippen molar-refractivity contribution < 1.29 is 4.79 Å². The summed E-state index contributed by atoms with van der Waals surface area (Å²) in [5.74, 6) is 0.0412. The molecule has 0 aliphatic carbocycles. The number of hydrogen-bond acceptors (Lipinski definition) is 3. The lowest BCUT2D eigenvalue weighted by Gasteiger charge is -2.23. The zero-order valence-electron chi connectivity index (χ0n) is 9.86. The summed E-state index contributed by atoms with van der Waals surface area (Å²) in [6, 6.07) is 1.94. The minimum absolute atomic E-state index is 0. The van der Waals surface area contributed by atoms with Crippen molar-refractivity contribution in [2.75, 3.05) is 13.6 Å². The number of H-pyrrole nitrogens is 1. The molecule has 1 aromatic heterocycles. The van der Waals surface area contributed by atoms with Gasteiger partial charge in [-0.15, -0.1) is 12.4 Å². The molecule has 0 fully saturated rings. The van der Waals surface area contributed by atoms with Gasteiger partial charge in [0.2, 0.25) is 5.91 Å². The maximum absolute atomic E-state index is 11.7. The molecule has 1 aromatic rings. The van der Waals surface area contributed by atoms with Crippen LogP contribution in [-0.2, 0) is 11.2 Å². The SMILES string of the molecule is Cc1cc(CC(=O)N(C)C(C)CN)n[nH]1.Cl. The van der Waals surface area contributed by atoms with Gasteiger partial charge in [0.15, 0.2) is 0 Å². The number of halogens is 1. The Hall–Kier alpha value is -1.07. The largest absolute Gasteiger partial charge is 0.341 e. The Labute approximate surface area is 102 Å². The van der Waals surface area contributed by atoms with Crippen LogP contribution >= 0.6 is 12.4 Å². The van der Waals surface area contributed by atoms with Gasteiger partial charge in [-0.1, -0.05) is 0 Å².